The van der Waals surface area contributed by atoms with Gasteiger partial charge in [-0.3, -0.25) is 0 Å². The lowest BCUT2D eigenvalue weighted by atomic mass is 10.0. The zero-order chi connectivity index (χ0) is 28.9. The lowest BCUT2D eigenvalue weighted by Gasteiger charge is -2.28. The topological polar surface area (TPSA) is 6.48 Å². The number of benzene rings is 6. The first-order valence-electron chi connectivity index (χ1n) is 14.3. The average Bonchev–Trinajstić information content (AvgIpc) is 3.04. The Balaban J connectivity index is 1.43. The molecule has 0 N–H and O–H groups in total. The maximum absolute atomic E-state index is 3.92. The van der Waals surface area contributed by atoms with E-state index in [2.05, 4.69) is 182 Å². The normalized spacial score (nSPS) is 10.7. The van der Waals surface area contributed by atoms with E-state index in [1.54, 1.807) is 0 Å². The molecule has 2 heteroatoms. The van der Waals surface area contributed by atoms with Gasteiger partial charge in [0.1, 0.15) is 0 Å². The standard InChI is InChI=1S/C40H34N2/c1-4-32-19-25-35(26-20-32)41(38-14-10-11-31(3)29-38)36-27-21-33(22-28-36)39-15-8-9-16-40(39)42(34-12-6-5-7-13-34)37-23-17-30(2)18-24-37/h4-29H,1H2,2-3H3. The van der Waals surface area contributed by atoms with Gasteiger partial charge in [-0.2, -0.15) is 0 Å². The van der Waals surface area contributed by atoms with Gasteiger partial charge >= 0.3 is 0 Å². The Labute approximate surface area is 249 Å². The van der Waals surface area contributed by atoms with E-state index in [0.29, 0.717) is 0 Å². The van der Waals surface area contributed by atoms with Crippen molar-refractivity contribution in [3.05, 3.63) is 175 Å². The highest BCUT2D eigenvalue weighted by molar-refractivity contribution is 5.89. The van der Waals surface area contributed by atoms with Gasteiger partial charge < -0.3 is 9.80 Å². The second-order valence-electron chi connectivity index (χ2n) is 10.5. The Kier molecular flexibility index (Phi) is 7.70. The third kappa shape index (κ3) is 5.61. The van der Waals surface area contributed by atoms with Gasteiger partial charge in [0.05, 0.1) is 5.69 Å². The first kappa shape index (κ1) is 26.9. The van der Waals surface area contributed by atoms with Crippen LogP contribution in [0.5, 0.6) is 0 Å². The summed E-state index contributed by atoms with van der Waals surface area (Å²) in [6.07, 6.45) is 1.88. The van der Waals surface area contributed by atoms with Crippen LogP contribution in [0, 0.1) is 13.8 Å². The van der Waals surface area contributed by atoms with Crippen LogP contribution < -0.4 is 9.80 Å². The molecule has 6 aromatic carbocycles. The van der Waals surface area contributed by atoms with Crippen molar-refractivity contribution in [3.8, 4) is 11.1 Å². The zero-order valence-corrected chi connectivity index (χ0v) is 24.1. The van der Waals surface area contributed by atoms with E-state index in [-0.39, 0.29) is 0 Å². The molecule has 0 heterocycles. The highest BCUT2D eigenvalue weighted by Gasteiger charge is 2.18. The quantitative estimate of drug-likeness (QED) is 0.189. The number of para-hydroxylation sites is 2. The van der Waals surface area contributed by atoms with Gasteiger partial charge in [0.25, 0.3) is 0 Å². The molecule has 0 aliphatic rings. The summed E-state index contributed by atoms with van der Waals surface area (Å²) >= 11 is 0. The second kappa shape index (κ2) is 12.0. The number of nitrogens with zero attached hydrogens (tertiary/aromatic N) is 2. The van der Waals surface area contributed by atoms with Crippen LogP contribution in [0.1, 0.15) is 16.7 Å². The lowest BCUT2D eigenvalue weighted by molar-refractivity contribution is 1.26. The van der Waals surface area contributed by atoms with Gasteiger partial charge in [0, 0.05) is 34.0 Å². The predicted molar refractivity (Wildman–Crippen MR) is 181 cm³/mol. The zero-order valence-electron chi connectivity index (χ0n) is 24.1. The van der Waals surface area contributed by atoms with Crippen molar-refractivity contribution >= 4 is 40.2 Å². The number of rotatable bonds is 8. The summed E-state index contributed by atoms with van der Waals surface area (Å²) in [5, 5.41) is 0. The van der Waals surface area contributed by atoms with E-state index in [4.69, 9.17) is 0 Å². The molecule has 0 atom stereocenters. The summed E-state index contributed by atoms with van der Waals surface area (Å²) in [6.45, 7) is 8.18. The first-order valence-corrected chi connectivity index (χ1v) is 14.3. The van der Waals surface area contributed by atoms with E-state index in [0.717, 1.165) is 45.3 Å². The van der Waals surface area contributed by atoms with E-state index in [1.807, 2.05) is 6.08 Å². The van der Waals surface area contributed by atoms with Gasteiger partial charge in [-0.15, -0.1) is 0 Å². The van der Waals surface area contributed by atoms with Crippen molar-refractivity contribution < 1.29 is 0 Å². The molecule has 0 aliphatic carbocycles. The smallest absolute Gasteiger partial charge is 0.0540 e. The van der Waals surface area contributed by atoms with Crippen LogP contribution in [-0.2, 0) is 0 Å². The third-order valence-electron chi connectivity index (χ3n) is 7.53. The fourth-order valence-electron chi connectivity index (χ4n) is 5.37. The van der Waals surface area contributed by atoms with E-state index in [1.165, 1.54) is 16.7 Å². The third-order valence-corrected chi connectivity index (χ3v) is 7.53. The second-order valence-corrected chi connectivity index (χ2v) is 10.5. The number of hydrogen-bond acceptors (Lipinski definition) is 2. The molecule has 0 saturated heterocycles. The molecule has 42 heavy (non-hydrogen) atoms. The molecule has 0 spiro atoms. The van der Waals surface area contributed by atoms with Gasteiger partial charge in [-0.25, -0.2) is 0 Å². The molecule has 0 aromatic heterocycles. The Morgan fingerprint density at radius 1 is 0.452 bits per heavy atom. The van der Waals surface area contributed by atoms with Crippen LogP contribution in [0.3, 0.4) is 0 Å². The first-order chi connectivity index (χ1) is 20.6. The van der Waals surface area contributed by atoms with Gasteiger partial charge in [-0.1, -0.05) is 103 Å². The summed E-state index contributed by atoms with van der Waals surface area (Å²) in [4.78, 5) is 4.64. The molecule has 0 fully saturated rings. The van der Waals surface area contributed by atoms with Crippen molar-refractivity contribution in [2.45, 2.75) is 13.8 Å². The Hall–Kier alpha value is -5.34. The minimum Gasteiger partial charge on any atom is -0.310 e. The fraction of sp³-hybridized carbons (Fsp3) is 0.0500. The van der Waals surface area contributed by atoms with Crippen molar-refractivity contribution in [3.63, 3.8) is 0 Å². The predicted octanol–water partition coefficient (Wildman–Crippen LogP) is 11.6. The molecule has 0 radical (unpaired) electrons. The molecule has 6 rings (SSSR count). The maximum Gasteiger partial charge on any atom is 0.0540 e. The van der Waals surface area contributed by atoms with Crippen molar-refractivity contribution in [2.75, 3.05) is 9.80 Å². The number of hydrogen-bond donors (Lipinski definition) is 0. The van der Waals surface area contributed by atoms with Crippen LogP contribution in [-0.4, -0.2) is 0 Å². The van der Waals surface area contributed by atoms with Crippen molar-refractivity contribution in [1.29, 1.82) is 0 Å². The fourth-order valence-corrected chi connectivity index (χ4v) is 5.37. The highest BCUT2D eigenvalue weighted by atomic mass is 15.1. The molecule has 204 valence electrons. The highest BCUT2D eigenvalue weighted by Crippen LogP contribution is 2.42. The summed E-state index contributed by atoms with van der Waals surface area (Å²) < 4.78 is 0. The Bertz CT molecular complexity index is 1780. The van der Waals surface area contributed by atoms with Gasteiger partial charge in [0.15, 0.2) is 0 Å². The monoisotopic (exact) mass is 542 g/mol. The number of anilines is 6. The molecular formula is C40H34N2. The SMILES string of the molecule is C=Cc1ccc(N(c2ccc(-c3ccccc3N(c3ccccc3)c3ccc(C)cc3)cc2)c2cccc(C)c2)cc1. The molecular weight excluding hydrogens is 508 g/mol. The van der Waals surface area contributed by atoms with Crippen LogP contribution >= 0.6 is 0 Å². The molecule has 0 unspecified atom stereocenters. The van der Waals surface area contributed by atoms with E-state index in [9.17, 15) is 0 Å². The Morgan fingerprint density at radius 3 is 1.67 bits per heavy atom. The van der Waals surface area contributed by atoms with Crippen LogP contribution in [0.25, 0.3) is 17.2 Å². The molecule has 2 nitrogen and oxygen atoms in total. The van der Waals surface area contributed by atoms with Crippen LogP contribution in [0.15, 0.2) is 158 Å². The maximum atomic E-state index is 3.92. The summed E-state index contributed by atoms with van der Waals surface area (Å²) in [5.74, 6) is 0. The van der Waals surface area contributed by atoms with Gasteiger partial charge in [0.2, 0.25) is 0 Å². The summed E-state index contributed by atoms with van der Waals surface area (Å²) in [5.41, 5.74) is 12.6. The van der Waals surface area contributed by atoms with Crippen molar-refractivity contribution in [2.24, 2.45) is 0 Å². The largest absolute Gasteiger partial charge is 0.310 e. The Morgan fingerprint density at radius 2 is 1.00 bits per heavy atom. The van der Waals surface area contributed by atoms with Gasteiger partial charge in [-0.05, 0) is 97.3 Å². The minimum atomic E-state index is 1.10. The summed E-state index contributed by atoms with van der Waals surface area (Å²) in [6, 6.07) is 54.0. The number of aryl methyl sites for hydroxylation is 2. The van der Waals surface area contributed by atoms with Crippen molar-refractivity contribution in [1.82, 2.24) is 0 Å². The average molecular weight is 543 g/mol. The molecule has 0 aliphatic heterocycles. The molecule has 6 aromatic rings. The van der Waals surface area contributed by atoms with E-state index < -0.39 is 0 Å². The minimum absolute atomic E-state index is 1.10. The van der Waals surface area contributed by atoms with Crippen LogP contribution in [0.2, 0.25) is 0 Å². The van der Waals surface area contributed by atoms with E-state index >= 15 is 0 Å². The molecule has 0 saturated carbocycles. The summed E-state index contributed by atoms with van der Waals surface area (Å²) in [7, 11) is 0. The van der Waals surface area contributed by atoms with Crippen LogP contribution in [0.4, 0.5) is 34.1 Å². The molecule has 0 amide bonds. The molecule has 0 bridgehead atoms. The lowest BCUT2D eigenvalue weighted by Crippen LogP contribution is -2.11.